The Morgan fingerprint density at radius 3 is 1.18 bits per heavy atom. The van der Waals surface area contributed by atoms with E-state index in [9.17, 15) is 0 Å². The van der Waals surface area contributed by atoms with Gasteiger partial charge in [-0.25, -0.2) is 9.97 Å². The van der Waals surface area contributed by atoms with Crippen LogP contribution in [0.2, 0.25) is 0 Å². The van der Waals surface area contributed by atoms with Gasteiger partial charge in [0.05, 0.1) is 33.8 Å². The van der Waals surface area contributed by atoms with Crippen LogP contribution in [-0.2, 0) is 45.1 Å². The number of nitrogens with zero attached hydrogens (tertiary/aromatic N) is 3. The van der Waals surface area contributed by atoms with Crippen molar-refractivity contribution in [2.75, 3.05) is 0 Å². The van der Waals surface area contributed by atoms with Crippen molar-refractivity contribution in [2.24, 2.45) is 0 Å². The molecule has 1 N–H and O–H groups in total. The first-order valence-corrected chi connectivity index (χ1v) is 22.9. The maximum Gasteiger partial charge on any atom is 3.00 e. The molecule has 65 heavy (non-hydrogen) atoms. The summed E-state index contributed by atoms with van der Waals surface area (Å²) >= 11 is 0. The van der Waals surface area contributed by atoms with Crippen LogP contribution in [0.25, 0.3) is 45.9 Å². The summed E-state index contributed by atoms with van der Waals surface area (Å²) in [5.74, 6) is 6.83. The van der Waals surface area contributed by atoms with Crippen LogP contribution in [0.3, 0.4) is 0 Å². The molecule has 0 radical (unpaired) electrons. The summed E-state index contributed by atoms with van der Waals surface area (Å²) in [5.41, 5.74) is 21.6. The Hall–Kier alpha value is -6.42. The average molecular weight is 908 g/mol. The Balaban J connectivity index is 0.000000297. The third kappa shape index (κ3) is 12.0. The Kier molecular flexibility index (Phi) is 20.3. The van der Waals surface area contributed by atoms with E-state index < -0.39 is 0 Å². The number of H-pyrrole nitrogens is 1. The maximum absolute atomic E-state index is 6.69. The zero-order valence-electron chi connectivity index (χ0n) is 39.6. The van der Waals surface area contributed by atoms with Crippen LogP contribution in [0.4, 0.5) is 0 Å². The van der Waals surface area contributed by atoms with E-state index in [4.69, 9.17) is 29.2 Å². The molecule has 0 saturated carbocycles. The number of nitrogens with one attached hydrogen (secondary N) is 1. The van der Waals surface area contributed by atoms with Crippen molar-refractivity contribution in [3.63, 3.8) is 0 Å². The van der Waals surface area contributed by atoms with Crippen molar-refractivity contribution in [1.82, 2.24) is 19.5 Å². The summed E-state index contributed by atoms with van der Waals surface area (Å²) < 4.78 is 2.61. The SMILES string of the molecule is CCC1=Cc2nc1c(CC)c1c(CC)c(CC)c(c(CC)c3nc(c(CC)c4ccc([nH]4)c2CC)C=C3)n1CC.[C-]#Cc1ccccc1.[C-]#Cc1ccccc1.[C-]#Cc1ccccc1.[Ga+3]. The van der Waals surface area contributed by atoms with Gasteiger partial charge in [0.15, 0.2) is 0 Å². The van der Waals surface area contributed by atoms with Crippen LogP contribution in [0.5, 0.6) is 0 Å². The Morgan fingerprint density at radius 1 is 0.446 bits per heavy atom. The Bertz CT molecular complexity index is 2750. The fourth-order valence-corrected chi connectivity index (χ4v) is 8.58. The van der Waals surface area contributed by atoms with E-state index in [1.54, 1.807) is 0 Å². The van der Waals surface area contributed by atoms with Crippen LogP contribution < -0.4 is 0 Å². The quantitative estimate of drug-likeness (QED) is 0.0938. The molecule has 8 bridgehead atoms. The van der Waals surface area contributed by atoms with Crippen LogP contribution in [0.1, 0.15) is 135 Å². The van der Waals surface area contributed by atoms with Gasteiger partial charge in [-0.2, -0.15) is 0 Å². The number of aryl methyl sites for hydroxylation is 7. The average Bonchev–Trinajstić information content (AvgIpc) is 4.18. The van der Waals surface area contributed by atoms with Crippen molar-refractivity contribution in [2.45, 2.75) is 107 Å². The minimum Gasteiger partial charge on any atom is -0.366 e. The van der Waals surface area contributed by atoms with Crippen LogP contribution >= 0.6 is 0 Å². The fourth-order valence-electron chi connectivity index (χ4n) is 8.58. The van der Waals surface area contributed by atoms with Crippen LogP contribution in [0.15, 0.2) is 103 Å². The van der Waals surface area contributed by atoms with Gasteiger partial charge in [-0.1, -0.05) is 103 Å². The first-order valence-electron chi connectivity index (χ1n) is 22.9. The van der Waals surface area contributed by atoms with Crippen LogP contribution in [-0.4, -0.2) is 39.3 Å². The third-order valence-corrected chi connectivity index (χ3v) is 11.7. The third-order valence-electron chi connectivity index (χ3n) is 11.7. The van der Waals surface area contributed by atoms with Gasteiger partial charge in [-0.05, 0) is 98.9 Å². The second-order valence-corrected chi connectivity index (χ2v) is 15.3. The second-order valence-electron chi connectivity index (χ2n) is 15.3. The number of benzene rings is 3. The molecule has 8 rings (SSSR count). The molecule has 0 spiro atoms. The monoisotopic (exact) mass is 906 g/mol. The molecule has 5 heteroatoms. The standard InChI is InChI=1S/C36H46N4.3C8H5.Ga/c1-9-22-21-33-26(13-5)31-18-17-29(37-31)25(12-4)30-19-20-32(38-30)27(14-6)35-23(10-2)24(11-3)36(40(35)16-8)28(15-7)34(22)39-33;3*1-2-8-6-4-3-5-7-8;/h17-21,37H,9-16H2,1-8H3;3*3-7H;/q;3*-1;+3. The predicted octanol–water partition coefficient (Wildman–Crippen LogP) is 13.8. The fraction of sp³-hybridized carbons (Fsp3) is 0.267. The molecule has 0 unspecified atom stereocenters. The van der Waals surface area contributed by atoms with Gasteiger partial charge in [-0.3, -0.25) is 17.8 Å². The Morgan fingerprint density at radius 2 is 0.831 bits per heavy atom. The van der Waals surface area contributed by atoms with E-state index in [1.165, 1.54) is 55.7 Å². The molecule has 2 aliphatic heterocycles. The van der Waals surface area contributed by atoms with Crippen LogP contribution in [0, 0.1) is 37.0 Å². The molecule has 4 nitrogen and oxygen atoms in total. The summed E-state index contributed by atoms with van der Waals surface area (Å²) in [7, 11) is 0. The summed E-state index contributed by atoms with van der Waals surface area (Å²) in [4.78, 5) is 14.5. The predicted molar refractivity (Wildman–Crippen MR) is 277 cm³/mol. The molecule has 324 valence electrons. The largest absolute Gasteiger partial charge is 3.00 e. The topological polar surface area (TPSA) is 46.5 Å². The summed E-state index contributed by atoms with van der Waals surface area (Å²) in [6.45, 7) is 19.2. The maximum atomic E-state index is 6.69. The molecule has 0 saturated heterocycles. The van der Waals surface area contributed by atoms with Crippen molar-refractivity contribution in [3.8, 4) is 17.8 Å². The van der Waals surface area contributed by atoms with Gasteiger partial charge >= 0.3 is 19.8 Å². The van der Waals surface area contributed by atoms with Gasteiger partial charge in [0.2, 0.25) is 0 Å². The first kappa shape index (κ1) is 51.2. The van der Waals surface area contributed by atoms with Gasteiger partial charge < -0.3 is 28.8 Å². The van der Waals surface area contributed by atoms with Crippen molar-refractivity contribution in [1.29, 1.82) is 0 Å². The molecule has 6 aromatic rings. The number of aromatic nitrogens is 4. The van der Waals surface area contributed by atoms with E-state index in [-0.39, 0.29) is 19.8 Å². The number of hydrogen-bond donors (Lipinski definition) is 1. The van der Waals surface area contributed by atoms with E-state index in [0.717, 1.165) is 96.3 Å². The van der Waals surface area contributed by atoms with Gasteiger partial charge in [-0.15, -0.1) is 53.1 Å². The number of allylic oxidation sites excluding steroid dienone is 1. The summed E-state index contributed by atoms with van der Waals surface area (Å²) in [5, 5.41) is 0. The normalized spacial score (nSPS) is 10.8. The molecule has 0 atom stereocenters. The molecule has 3 aromatic carbocycles. The Labute approximate surface area is 402 Å². The van der Waals surface area contributed by atoms with E-state index in [0.29, 0.717) is 0 Å². The molecule has 5 heterocycles. The zero-order chi connectivity index (χ0) is 46.0. The van der Waals surface area contributed by atoms with Gasteiger partial charge in [0, 0.05) is 39.8 Å². The van der Waals surface area contributed by atoms with E-state index >= 15 is 0 Å². The molecule has 0 aliphatic carbocycles. The molecule has 0 amide bonds. The molecule has 0 fully saturated rings. The van der Waals surface area contributed by atoms with Crippen molar-refractivity contribution < 1.29 is 0 Å². The first-order chi connectivity index (χ1) is 31.3. The summed E-state index contributed by atoms with van der Waals surface area (Å²) in [6.07, 6.45) is 33.6. The van der Waals surface area contributed by atoms with E-state index in [1.807, 2.05) is 91.0 Å². The zero-order valence-corrected chi connectivity index (χ0v) is 42.0. The number of aromatic amines is 1. The number of hydrogen-bond acceptors (Lipinski definition) is 2. The minimum absolute atomic E-state index is 0. The van der Waals surface area contributed by atoms with Crippen molar-refractivity contribution >= 4 is 65.7 Å². The van der Waals surface area contributed by atoms with Gasteiger partial charge in [0.1, 0.15) is 0 Å². The van der Waals surface area contributed by atoms with Gasteiger partial charge in [0.25, 0.3) is 0 Å². The molecule has 2 aliphatic rings. The van der Waals surface area contributed by atoms with Crippen molar-refractivity contribution in [3.05, 3.63) is 195 Å². The molecular formula is C60H61GaN4. The minimum atomic E-state index is 0. The molecule has 3 aromatic heterocycles. The molecular weight excluding hydrogens is 846 g/mol. The number of fused-ring (bicyclic) bond motifs is 8. The summed E-state index contributed by atoms with van der Waals surface area (Å²) in [6, 6.07) is 32.6. The van der Waals surface area contributed by atoms with E-state index in [2.05, 4.69) is 113 Å². The number of rotatable bonds is 8. The smallest absolute Gasteiger partial charge is 0.366 e. The second kappa shape index (κ2) is 25.8.